The van der Waals surface area contributed by atoms with Crippen molar-refractivity contribution in [1.82, 2.24) is 5.32 Å². The van der Waals surface area contributed by atoms with Crippen LogP contribution in [0.4, 0.5) is 0 Å². The molecule has 3 heteroatoms. The summed E-state index contributed by atoms with van der Waals surface area (Å²) in [6.07, 6.45) is 0.803. The van der Waals surface area contributed by atoms with Crippen LogP contribution >= 0.6 is 13.5 Å². The number of ether oxygens (including phenoxy) is 1. The molecule has 0 amide bonds. The van der Waals surface area contributed by atoms with E-state index in [0.29, 0.717) is 12.2 Å². The molecule has 1 saturated heterocycles. The minimum absolute atomic E-state index is 0. The zero-order valence-electron chi connectivity index (χ0n) is 5.98. The van der Waals surface area contributed by atoms with Gasteiger partial charge in [0.15, 0.2) is 0 Å². The van der Waals surface area contributed by atoms with Crippen molar-refractivity contribution in [2.45, 2.75) is 33.5 Å². The molecule has 1 fully saturated rings. The molecule has 10 heavy (non-hydrogen) atoms. The average molecular weight is 165 g/mol. The van der Waals surface area contributed by atoms with Gasteiger partial charge in [-0.2, -0.15) is 13.5 Å². The lowest BCUT2D eigenvalue weighted by atomic mass is 10.3. The Morgan fingerprint density at radius 2 is 1.60 bits per heavy atom. The SMILES string of the molecule is C.C[C@@H]1CNC[C@H](C)O1.S. The fourth-order valence-corrected chi connectivity index (χ4v) is 0.983. The average Bonchev–Trinajstić information content (AvgIpc) is 1.64. The minimum atomic E-state index is 0. The molecule has 0 unspecified atom stereocenters. The third-order valence-corrected chi connectivity index (χ3v) is 1.33. The van der Waals surface area contributed by atoms with Crippen LogP contribution in [-0.2, 0) is 4.74 Å². The minimum Gasteiger partial charge on any atom is -0.373 e. The smallest absolute Gasteiger partial charge is 0.0675 e. The Balaban J connectivity index is 0. The highest BCUT2D eigenvalue weighted by atomic mass is 32.1. The molecule has 0 aromatic rings. The Kier molecular flexibility index (Phi) is 7.76. The van der Waals surface area contributed by atoms with Crippen LogP contribution in [0.1, 0.15) is 21.3 Å². The lowest BCUT2D eigenvalue weighted by Crippen LogP contribution is -2.41. The van der Waals surface area contributed by atoms with Gasteiger partial charge in [-0.15, -0.1) is 0 Å². The van der Waals surface area contributed by atoms with Crippen LogP contribution < -0.4 is 5.32 Å². The van der Waals surface area contributed by atoms with Crippen molar-refractivity contribution in [3.05, 3.63) is 0 Å². The maximum atomic E-state index is 5.42. The summed E-state index contributed by atoms with van der Waals surface area (Å²) in [6, 6.07) is 0. The first-order valence-corrected chi connectivity index (χ1v) is 3.15. The molecule has 0 radical (unpaired) electrons. The highest BCUT2D eigenvalue weighted by Crippen LogP contribution is 2.00. The van der Waals surface area contributed by atoms with Crippen LogP contribution in [0.2, 0.25) is 0 Å². The third kappa shape index (κ3) is 4.14. The highest BCUT2D eigenvalue weighted by Gasteiger charge is 2.12. The van der Waals surface area contributed by atoms with E-state index in [1.165, 1.54) is 0 Å². The van der Waals surface area contributed by atoms with E-state index in [-0.39, 0.29) is 20.9 Å². The van der Waals surface area contributed by atoms with E-state index in [9.17, 15) is 0 Å². The first-order chi connectivity index (χ1) is 3.79. The predicted molar refractivity (Wildman–Crippen MR) is 50.0 cm³/mol. The van der Waals surface area contributed by atoms with Gasteiger partial charge in [-0.3, -0.25) is 0 Å². The van der Waals surface area contributed by atoms with Crippen molar-refractivity contribution in [1.29, 1.82) is 0 Å². The summed E-state index contributed by atoms with van der Waals surface area (Å²) in [5.41, 5.74) is 0. The Hall–Kier alpha value is 0.270. The van der Waals surface area contributed by atoms with Crippen molar-refractivity contribution in [3.63, 3.8) is 0 Å². The Labute approximate surface area is 70.8 Å². The van der Waals surface area contributed by atoms with E-state index in [1.807, 2.05) is 0 Å². The summed E-state index contributed by atoms with van der Waals surface area (Å²) in [4.78, 5) is 0. The van der Waals surface area contributed by atoms with E-state index < -0.39 is 0 Å². The molecule has 1 heterocycles. The van der Waals surface area contributed by atoms with Crippen molar-refractivity contribution in [2.24, 2.45) is 0 Å². The third-order valence-electron chi connectivity index (χ3n) is 1.33. The number of nitrogens with one attached hydrogen (secondary N) is 1. The molecule has 0 saturated carbocycles. The summed E-state index contributed by atoms with van der Waals surface area (Å²) in [6.45, 7) is 6.18. The van der Waals surface area contributed by atoms with Crippen molar-refractivity contribution < 1.29 is 4.74 Å². The second kappa shape index (κ2) is 6.01. The molecule has 0 spiro atoms. The molecule has 1 aliphatic rings. The van der Waals surface area contributed by atoms with Crippen LogP contribution in [0, 0.1) is 0 Å². The molecule has 2 nitrogen and oxygen atoms in total. The van der Waals surface area contributed by atoms with Gasteiger partial charge >= 0.3 is 0 Å². The normalized spacial score (nSPS) is 31.8. The monoisotopic (exact) mass is 165 g/mol. The van der Waals surface area contributed by atoms with E-state index >= 15 is 0 Å². The summed E-state index contributed by atoms with van der Waals surface area (Å²) in [7, 11) is 0. The second-order valence-corrected chi connectivity index (χ2v) is 2.42. The van der Waals surface area contributed by atoms with Gasteiger partial charge in [-0.25, -0.2) is 0 Å². The largest absolute Gasteiger partial charge is 0.373 e. The summed E-state index contributed by atoms with van der Waals surface area (Å²) < 4.78 is 5.42. The van der Waals surface area contributed by atoms with Gasteiger partial charge in [0, 0.05) is 13.1 Å². The first kappa shape index (κ1) is 12.9. The van der Waals surface area contributed by atoms with Crippen LogP contribution in [0.5, 0.6) is 0 Å². The topological polar surface area (TPSA) is 21.3 Å². The number of rotatable bonds is 0. The standard InChI is InChI=1S/C6H13NO.CH4.H2S/c1-5-3-7-4-6(2)8-5;;/h5-7H,3-4H2,1-2H3;1H4;1H2/t5-,6+;;. The molecule has 1 aliphatic heterocycles. The number of morpholine rings is 1. The molecular weight excluding hydrogens is 146 g/mol. The van der Waals surface area contributed by atoms with E-state index in [4.69, 9.17) is 4.74 Å². The molecule has 1 rings (SSSR count). The fourth-order valence-electron chi connectivity index (χ4n) is 0.983. The lowest BCUT2D eigenvalue weighted by molar-refractivity contribution is -0.0166. The highest BCUT2D eigenvalue weighted by molar-refractivity contribution is 7.59. The quantitative estimate of drug-likeness (QED) is 0.581. The van der Waals surface area contributed by atoms with Gasteiger partial charge in [-0.1, -0.05) is 7.43 Å². The number of hydrogen-bond donors (Lipinski definition) is 1. The van der Waals surface area contributed by atoms with Gasteiger partial charge in [0.05, 0.1) is 12.2 Å². The molecule has 0 aromatic heterocycles. The zero-order chi connectivity index (χ0) is 5.98. The molecular formula is C7H19NOS. The second-order valence-electron chi connectivity index (χ2n) is 2.42. The van der Waals surface area contributed by atoms with E-state index in [0.717, 1.165) is 13.1 Å². The van der Waals surface area contributed by atoms with Gasteiger partial charge in [-0.05, 0) is 13.8 Å². The molecule has 0 aromatic carbocycles. The molecule has 0 bridgehead atoms. The van der Waals surface area contributed by atoms with Crippen LogP contribution in [0.25, 0.3) is 0 Å². The van der Waals surface area contributed by atoms with Crippen LogP contribution in [0.15, 0.2) is 0 Å². The van der Waals surface area contributed by atoms with Crippen molar-refractivity contribution in [3.8, 4) is 0 Å². The van der Waals surface area contributed by atoms with E-state index in [1.54, 1.807) is 0 Å². The summed E-state index contributed by atoms with van der Waals surface area (Å²) >= 11 is 0. The first-order valence-electron chi connectivity index (χ1n) is 3.15. The molecule has 2 atom stereocenters. The Morgan fingerprint density at radius 3 is 1.80 bits per heavy atom. The molecule has 0 aliphatic carbocycles. The Morgan fingerprint density at radius 1 is 1.20 bits per heavy atom. The van der Waals surface area contributed by atoms with Crippen LogP contribution in [0.3, 0.4) is 0 Å². The summed E-state index contributed by atoms with van der Waals surface area (Å²) in [5, 5.41) is 3.26. The van der Waals surface area contributed by atoms with Gasteiger partial charge in [0.25, 0.3) is 0 Å². The maximum Gasteiger partial charge on any atom is 0.0675 e. The van der Waals surface area contributed by atoms with Gasteiger partial charge < -0.3 is 10.1 Å². The lowest BCUT2D eigenvalue weighted by Gasteiger charge is -2.25. The predicted octanol–water partition coefficient (Wildman–Crippen LogP) is 1.13. The maximum absolute atomic E-state index is 5.42. The van der Waals surface area contributed by atoms with Gasteiger partial charge in [0.2, 0.25) is 0 Å². The fraction of sp³-hybridized carbons (Fsp3) is 1.00. The van der Waals surface area contributed by atoms with E-state index in [2.05, 4.69) is 19.2 Å². The summed E-state index contributed by atoms with van der Waals surface area (Å²) in [5.74, 6) is 0. The number of hydrogen-bond acceptors (Lipinski definition) is 2. The van der Waals surface area contributed by atoms with Gasteiger partial charge in [0.1, 0.15) is 0 Å². The molecule has 64 valence electrons. The van der Waals surface area contributed by atoms with Crippen LogP contribution in [-0.4, -0.2) is 25.3 Å². The Bertz CT molecular complexity index is 72.0. The van der Waals surface area contributed by atoms with Crippen molar-refractivity contribution >= 4 is 13.5 Å². The zero-order valence-corrected chi connectivity index (χ0v) is 6.98. The van der Waals surface area contributed by atoms with Crippen molar-refractivity contribution in [2.75, 3.05) is 13.1 Å². The molecule has 1 N–H and O–H groups in total.